The van der Waals surface area contributed by atoms with Crippen LogP contribution in [0, 0.1) is 5.92 Å². The summed E-state index contributed by atoms with van der Waals surface area (Å²) in [6, 6.07) is -0.278. The van der Waals surface area contributed by atoms with Crippen LogP contribution in [0.25, 0.3) is 0 Å². The summed E-state index contributed by atoms with van der Waals surface area (Å²) >= 11 is 5.47. The monoisotopic (exact) mass is 209 g/mol. The number of hydrogen-bond donors (Lipinski definition) is 3. The van der Waals surface area contributed by atoms with Gasteiger partial charge in [0.25, 0.3) is 0 Å². The molecule has 78 valence electrons. The quantitative estimate of drug-likeness (QED) is 0.555. The summed E-state index contributed by atoms with van der Waals surface area (Å²) in [6.45, 7) is 3.58. The molecule has 0 bridgehead atoms. The summed E-state index contributed by atoms with van der Waals surface area (Å²) in [5, 5.41) is 18.7. The van der Waals surface area contributed by atoms with Crippen molar-refractivity contribution in [3.05, 3.63) is 0 Å². The Balaban J connectivity index is 2.66. The highest BCUT2D eigenvalue weighted by molar-refractivity contribution is 6.13. The molecule has 0 saturated carbocycles. The van der Waals surface area contributed by atoms with Crippen LogP contribution in [0.3, 0.4) is 0 Å². The smallest absolute Gasteiger partial charge is 0.0860 e. The lowest BCUT2D eigenvalue weighted by molar-refractivity contribution is -0.152. The van der Waals surface area contributed by atoms with Gasteiger partial charge in [-0.05, 0) is 18.7 Å². The van der Waals surface area contributed by atoms with Gasteiger partial charge >= 0.3 is 0 Å². The van der Waals surface area contributed by atoms with Gasteiger partial charge in [0, 0.05) is 5.92 Å². The highest BCUT2D eigenvalue weighted by Gasteiger charge is 2.40. The Morgan fingerprint density at radius 2 is 2.08 bits per heavy atom. The predicted octanol–water partition coefficient (Wildman–Crippen LogP) is -0.125. The summed E-state index contributed by atoms with van der Waals surface area (Å²) in [7, 11) is 0. The Kier molecular flexibility index (Phi) is 3.94. The second-order valence-corrected chi connectivity index (χ2v) is 3.77. The Labute approximate surface area is 83.0 Å². The lowest BCUT2D eigenvalue weighted by atomic mass is 9.87. The lowest BCUT2D eigenvalue weighted by Crippen LogP contribution is -2.57. The van der Waals surface area contributed by atoms with Gasteiger partial charge in [-0.1, -0.05) is 6.92 Å². The molecule has 1 fully saturated rings. The molecule has 0 aromatic heterocycles. The van der Waals surface area contributed by atoms with Crippen molar-refractivity contribution in [1.29, 1.82) is 0 Å². The Morgan fingerprint density at radius 3 is 2.54 bits per heavy atom. The fraction of sp³-hybridized carbons (Fsp3) is 1.00. The van der Waals surface area contributed by atoms with E-state index in [1.54, 1.807) is 0 Å². The topological polar surface area (TPSA) is 61.7 Å². The Morgan fingerprint density at radius 1 is 1.46 bits per heavy atom. The van der Waals surface area contributed by atoms with Crippen LogP contribution in [0.5, 0.6) is 0 Å². The molecule has 5 heteroatoms. The first-order valence-electron chi connectivity index (χ1n) is 4.42. The van der Waals surface area contributed by atoms with E-state index < -0.39 is 6.10 Å². The summed E-state index contributed by atoms with van der Waals surface area (Å²) in [5.74, 6) is -0.113. The number of ether oxygens (including phenoxy) is 1. The molecule has 0 aromatic carbocycles. The summed E-state index contributed by atoms with van der Waals surface area (Å²) in [6.07, 6.45) is -1.08. The van der Waals surface area contributed by atoms with Gasteiger partial charge in [-0.3, -0.25) is 0 Å². The zero-order valence-electron chi connectivity index (χ0n) is 7.77. The molecule has 0 aliphatic carbocycles. The van der Waals surface area contributed by atoms with Gasteiger partial charge < -0.3 is 14.9 Å². The Bertz CT molecular complexity index is 169. The van der Waals surface area contributed by atoms with E-state index in [2.05, 4.69) is 4.84 Å². The van der Waals surface area contributed by atoms with Gasteiger partial charge in [-0.2, -0.15) is 0 Å². The van der Waals surface area contributed by atoms with E-state index >= 15 is 0 Å². The van der Waals surface area contributed by atoms with E-state index in [1.165, 1.54) is 0 Å². The normalized spacial score (nSPS) is 46.4. The molecule has 0 aromatic rings. The van der Waals surface area contributed by atoms with Gasteiger partial charge in [0.05, 0.1) is 31.0 Å². The fourth-order valence-electron chi connectivity index (χ4n) is 1.67. The molecule has 3 N–H and O–H groups in total. The number of aliphatic hydroxyl groups is 2. The van der Waals surface area contributed by atoms with E-state index in [0.29, 0.717) is 0 Å². The third-order valence-corrected chi connectivity index (χ3v) is 2.95. The third-order valence-electron chi connectivity index (χ3n) is 2.69. The molecule has 1 heterocycles. The Hall–Kier alpha value is 0.130. The standard InChI is InChI=1S/C8H16ClNO3/c1-4-6(3-11)13-5(2)7(10-9)8(4)12/h4-8,10-12H,3H2,1-2H3/t4-,5+,6-,7-,8+/m1/s1. The van der Waals surface area contributed by atoms with Crippen LogP contribution >= 0.6 is 11.8 Å². The highest BCUT2D eigenvalue weighted by Crippen LogP contribution is 2.25. The fourth-order valence-corrected chi connectivity index (χ4v) is 1.98. The summed E-state index contributed by atoms with van der Waals surface area (Å²) in [4.78, 5) is 2.49. The molecule has 4 nitrogen and oxygen atoms in total. The second-order valence-electron chi connectivity index (χ2n) is 3.55. The van der Waals surface area contributed by atoms with Crippen LogP contribution in [0.4, 0.5) is 0 Å². The summed E-state index contributed by atoms with van der Waals surface area (Å²) in [5.41, 5.74) is 0. The van der Waals surface area contributed by atoms with E-state index in [-0.39, 0.29) is 30.8 Å². The largest absolute Gasteiger partial charge is 0.394 e. The highest BCUT2D eigenvalue weighted by atomic mass is 35.5. The zero-order chi connectivity index (χ0) is 10.0. The van der Waals surface area contributed by atoms with Crippen LogP contribution in [0.15, 0.2) is 0 Å². The van der Waals surface area contributed by atoms with E-state index in [0.717, 1.165) is 0 Å². The van der Waals surface area contributed by atoms with Gasteiger partial charge in [0.15, 0.2) is 0 Å². The van der Waals surface area contributed by atoms with Crippen molar-refractivity contribution >= 4 is 11.8 Å². The maximum atomic E-state index is 9.77. The minimum absolute atomic E-state index is 0.0719. The van der Waals surface area contributed by atoms with Crippen molar-refractivity contribution in [2.24, 2.45) is 5.92 Å². The number of hydrogen-bond acceptors (Lipinski definition) is 4. The zero-order valence-corrected chi connectivity index (χ0v) is 8.53. The lowest BCUT2D eigenvalue weighted by Gasteiger charge is -2.41. The average Bonchev–Trinajstić information content (AvgIpc) is 2.12. The maximum absolute atomic E-state index is 9.77. The molecular weight excluding hydrogens is 194 g/mol. The van der Waals surface area contributed by atoms with Crippen LogP contribution in [-0.2, 0) is 4.74 Å². The SMILES string of the molecule is C[C@H]1[C@H](O)[C@H](NCl)[C@H](C)O[C@@H]1CO. The van der Waals surface area contributed by atoms with E-state index in [9.17, 15) is 5.11 Å². The number of nitrogens with one attached hydrogen (secondary N) is 1. The van der Waals surface area contributed by atoms with Crippen molar-refractivity contribution in [2.45, 2.75) is 38.2 Å². The van der Waals surface area contributed by atoms with Crippen LogP contribution in [0.1, 0.15) is 13.8 Å². The van der Waals surface area contributed by atoms with Crippen LogP contribution in [0.2, 0.25) is 0 Å². The summed E-state index contributed by atoms with van der Waals surface area (Å²) < 4.78 is 5.46. The molecule has 1 aliphatic heterocycles. The number of rotatable bonds is 2. The van der Waals surface area contributed by atoms with Crippen molar-refractivity contribution < 1.29 is 14.9 Å². The first-order chi connectivity index (χ1) is 6.11. The van der Waals surface area contributed by atoms with Crippen LogP contribution < -0.4 is 4.84 Å². The molecule has 0 radical (unpaired) electrons. The van der Waals surface area contributed by atoms with Gasteiger partial charge in [-0.25, -0.2) is 4.84 Å². The van der Waals surface area contributed by atoms with Gasteiger partial charge in [0.2, 0.25) is 0 Å². The molecule has 1 aliphatic rings. The van der Waals surface area contributed by atoms with Gasteiger partial charge in [0.1, 0.15) is 0 Å². The molecule has 13 heavy (non-hydrogen) atoms. The van der Waals surface area contributed by atoms with E-state index in [4.69, 9.17) is 21.6 Å². The molecule has 5 atom stereocenters. The first kappa shape index (κ1) is 11.2. The maximum Gasteiger partial charge on any atom is 0.0860 e. The number of aliphatic hydroxyl groups excluding tert-OH is 2. The molecule has 0 amide bonds. The third kappa shape index (κ3) is 2.14. The predicted molar refractivity (Wildman–Crippen MR) is 49.4 cm³/mol. The molecule has 0 unspecified atom stereocenters. The molecule has 0 spiro atoms. The minimum atomic E-state index is -0.585. The molecule has 1 rings (SSSR count). The first-order valence-corrected chi connectivity index (χ1v) is 4.80. The van der Waals surface area contributed by atoms with Crippen molar-refractivity contribution in [1.82, 2.24) is 4.84 Å². The van der Waals surface area contributed by atoms with Crippen LogP contribution in [-0.4, -0.2) is 41.2 Å². The molecule has 1 saturated heterocycles. The second kappa shape index (κ2) is 4.57. The van der Waals surface area contributed by atoms with Crippen molar-refractivity contribution in [3.63, 3.8) is 0 Å². The average molecular weight is 210 g/mol. The minimum Gasteiger partial charge on any atom is -0.394 e. The van der Waals surface area contributed by atoms with Crippen molar-refractivity contribution in [2.75, 3.05) is 6.61 Å². The number of halogens is 1. The molecular formula is C8H16ClNO3. The van der Waals surface area contributed by atoms with E-state index in [1.807, 2.05) is 13.8 Å². The van der Waals surface area contributed by atoms with Crippen molar-refractivity contribution in [3.8, 4) is 0 Å². The van der Waals surface area contributed by atoms with Gasteiger partial charge in [-0.15, -0.1) is 0 Å².